The van der Waals surface area contributed by atoms with Gasteiger partial charge in [-0.15, -0.1) is 0 Å². The van der Waals surface area contributed by atoms with Crippen molar-refractivity contribution in [1.29, 1.82) is 0 Å². The maximum absolute atomic E-state index is 12.7. The number of aryl methyl sites for hydroxylation is 1. The Hall–Kier alpha value is -1.45. The molecule has 1 aliphatic rings. The van der Waals surface area contributed by atoms with Crippen molar-refractivity contribution in [2.24, 2.45) is 0 Å². The Bertz CT molecular complexity index is 619. The number of nitrogens with one attached hydrogen (secondary N) is 1. The highest BCUT2D eigenvalue weighted by Crippen LogP contribution is 2.24. The summed E-state index contributed by atoms with van der Waals surface area (Å²) in [7, 11) is -3.92. The highest BCUT2D eigenvalue weighted by molar-refractivity contribution is 7.89. The molecule has 2 heterocycles. The minimum absolute atomic E-state index is 0.139. The smallest absolute Gasteiger partial charge is 0.357 e. The van der Waals surface area contributed by atoms with E-state index in [4.69, 9.17) is 9.84 Å². The van der Waals surface area contributed by atoms with E-state index < -0.39 is 21.7 Å². The molecule has 1 saturated heterocycles. The summed E-state index contributed by atoms with van der Waals surface area (Å²) >= 11 is 0. The van der Waals surface area contributed by atoms with E-state index in [2.05, 4.69) is 10.2 Å². The van der Waals surface area contributed by atoms with Gasteiger partial charge >= 0.3 is 5.97 Å². The number of H-pyrrole nitrogens is 1. The molecule has 0 amide bonds. The average Bonchev–Trinajstić information content (AvgIpc) is 3.04. The van der Waals surface area contributed by atoms with Gasteiger partial charge < -0.3 is 9.84 Å². The second kappa shape index (κ2) is 6.12. The Morgan fingerprint density at radius 1 is 1.57 bits per heavy atom. The van der Waals surface area contributed by atoms with Gasteiger partial charge in [0.2, 0.25) is 10.0 Å². The number of hydrogen-bond acceptors (Lipinski definition) is 5. The van der Waals surface area contributed by atoms with E-state index in [0.29, 0.717) is 6.61 Å². The first-order valence-corrected chi connectivity index (χ1v) is 8.22. The summed E-state index contributed by atoms with van der Waals surface area (Å²) in [6.07, 6.45) is 1.58. The lowest BCUT2D eigenvalue weighted by atomic mass is 10.2. The molecule has 118 valence electrons. The summed E-state index contributed by atoms with van der Waals surface area (Å²) in [4.78, 5) is 10.9. The second-order valence-corrected chi connectivity index (χ2v) is 6.80. The fraction of sp³-hybridized carbons (Fsp3) is 0.667. The van der Waals surface area contributed by atoms with E-state index in [1.807, 2.05) is 0 Å². The standard InChI is InChI=1S/C12H19N3O5S/c1-3-15(7-9-5-4-6-20-9)21(18,19)11-8(2)13-14-10(11)12(16)17/h9H,3-7H2,1-2H3,(H,13,14)(H,16,17). The van der Waals surface area contributed by atoms with Gasteiger partial charge in [0.25, 0.3) is 0 Å². The summed E-state index contributed by atoms with van der Waals surface area (Å²) < 4.78 is 32.1. The third-order valence-corrected chi connectivity index (χ3v) is 5.58. The molecule has 1 fully saturated rings. The molecular formula is C12H19N3O5S. The number of carboxylic acid groups (broad SMARTS) is 1. The zero-order chi connectivity index (χ0) is 15.6. The molecule has 8 nitrogen and oxygen atoms in total. The van der Waals surface area contributed by atoms with Crippen LogP contribution >= 0.6 is 0 Å². The number of carboxylic acids is 1. The van der Waals surface area contributed by atoms with Crippen molar-refractivity contribution in [3.8, 4) is 0 Å². The predicted octanol–water partition coefficient (Wildman–Crippen LogP) is 0.606. The molecule has 0 bridgehead atoms. The van der Waals surface area contributed by atoms with Gasteiger partial charge in [-0.05, 0) is 19.8 Å². The highest BCUT2D eigenvalue weighted by atomic mass is 32.2. The Morgan fingerprint density at radius 3 is 2.81 bits per heavy atom. The molecule has 1 unspecified atom stereocenters. The lowest BCUT2D eigenvalue weighted by molar-refractivity contribution is 0.0686. The maximum atomic E-state index is 12.7. The van der Waals surface area contributed by atoms with Gasteiger partial charge in [0.15, 0.2) is 5.69 Å². The summed E-state index contributed by atoms with van der Waals surface area (Å²) in [5, 5.41) is 15.1. The van der Waals surface area contributed by atoms with Crippen molar-refractivity contribution < 1.29 is 23.1 Å². The fourth-order valence-electron chi connectivity index (χ4n) is 2.42. The van der Waals surface area contributed by atoms with Gasteiger partial charge in [-0.25, -0.2) is 13.2 Å². The predicted molar refractivity (Wildman–Crippen MR) is 73.7 cm³/mol. The SMILES string of the molecule is CCN(CC1CCCO1)S(=O)(=O)c1c(C(=O)O)n[nH]c1C. The Labute approximate surface area is 123 Å². The summed E-state index contributed by atoms with van der Waals surface area (Å²) in [5.41, 5.74) is -0.253. The van der Waals surface area contributed by atoms with Crippen LogP contribution < -0.4 is 0 Å². The van der Waals surface area contributed by atoms with Gasteiger partial charge in [-0.3, -0.25) is 5.10 Å². The average molecular weight is 317 g/mol. The van der Waals surface area contributed by atoms with Crippen LogP contribution in [-0.4, -0.2) is 59.8 Å². The molecule has 0 spiro atoms. The van der Waals surface area contributed by atoms with Gasteiger partial charge in [-0.1, -0.05) is 6.92 Å². The van der Waals surface area contributed by atoms with Crippen LogP contribution in [0.4, 0.5) is 0 Å². The molecule has 21 heavy (non-hydrogen) atoms. The summed E-state index contributed by atoms with van der Waals surface area (Å²) in [6, 6.07) is 0. The van der Waals surface area contributed by atoms with Crippen LogP contribution in [0.25, 0.3) is 0 Å². The number of sulfonamides is 1. The van der Waals surface area contributed by atoms with Crippen LogP contribution in [0.15, 0.2) is 4.90 Å². The zero-order valence-corrected chi connectivity index (χ0v) is 12.8. The molecule has 1 aliphatic heterocycles. The first kappa shape index (κ1) is 15.9. The number of nitrogens with zero attached hydrogens (tertiary/aromatic N) is 2. The van der Waals surface area contributed by atoms with Crippen molar-refractivity contribution in [3.63, 3.8) is 0 Å². The molecular weight excluding hydrogens is 298 g/mol. The highest BCUT2D eigenvalue weighted by Gasteiger charge is 2.34. The molecule has 0 saturated carbocycles. The Morgan fingerprint density at radius 2 is 2.29 bits per heavy atom. The van der Waals surface area contributed by atoms with Crippen molar-refractivity contribution in [2.45, 2.75) is 37.7 Å². The molecule has 0 radical (unpaired) electrons. The van der Waals surface area contributed by atoms with Crippen LogP contribution in [0.1, 0.15) is 35.9 Å². The van der Waals surface area contributed by atoms with Gasteiger partial charge in [0, 0.05) is 19.7 Å². The molecule has 2 N–H and O–H groups in total. The van der Waals surface area contributed by atoms with Crippen LogP contribution in [0, 0.1) is 6.92 Å². The van der Waals surface area contributed by atoms with Crippen molar-refractivity contribution in [1.82, 2.24) is 14.5 Å². The number of hydrogen-bond donors (Lipinski definition) is 2. The monoisotopic (exact) mass is 317 g/mol. The Kier molecular flexibility index (Phi) is 4.64. The van der Waals surface area contributed by atoms with Crippen LogP contribution in [0.2, 0.25) is 0 Å². The van der Waals surface area contributed by atoms with Crippen molar-refractivity contribution in [3.05, 3.63) is 11.4 Å². The van der Waals surface area contributed by atoms with Crippen LogP contribution in [0.5, 0.6) is 0 Å². The lowest BCUT2D eigenvalue weighted by Crippen LogP contribution is -2.38. The minimum Gasteiger partial charge on any atom is -0.476 e. The third-order valence-electron chi connectivity index (χ3n) is 3.48. The fourth-order valence-corrected chi connectivity index (χ4v) is 4.19. The van der Waals surface area contributed by atoms with E-state index in [1.54, 1.807) is 6.92 Å². The van der Waals surface area contributed by atoms with Crippen LogP contribution in [-0.2, 0) is 14.8 Å². The molecule has 1 atom stereocenters. The van der Waals surface area contributed by atoms with Crippen molar-refractivity contribution >= 4 is 16.0 Å². The first-order chi connectivity index (χ1) is 9.87. The molecule has 0 aromatic carbocycles. The van der Waals surface area contributed by atoms with Crippen molar-refractivity contribution in [2.75, 3.05) is 19.7 Å². The van der Waals surface area contributed by atoms with Gasteiger partial charge in [0.1, 0.15) is 4.90 Å². The first-order valence-electron chi connectivity index (χ1n) is 6.78. The zero-order valence-electron chi connectivity index (χ0n) is 12.0. The van der Waals surface area contributed by atoms with E-state index >= 15 is 0 Å². The molecule has 2 rings (SSSR count). The van der Waals surface area contributed by atoms with E-state index in [9.17, 15) is 13.2 Å². The number of aromatic nitrogens is 2. The Balaban J connectivity index is 2.34. The number of aromatic amines is 1. The maximum Gasteiger partial charge on any atom is 0.357 e. The normalized spacial score (nSPS) is 19.3. The molecule has 1 aromatic rings. The molecule has 9 heteroatoms. The van der Waals surface area contributed by atoms with Gasteiger partial charge in [0.05, 0.1) is 11.8 Å². The summed E-state index contributed by atoms with van der Waals surface area (Å²) in [6.45, 7) is 4.30. The minimum atomic E-state index is -3.92. The number of aromatic carboxylic acids is 1. The summed E-state index contributed by atoms with van der Waals surface area (Å²) in [5.74, 6) is -1.37. The quantitative estimate of drug-likeness (QED) is 0.794. The van der Waals surface area contributed by atoms with E-state index in [-0.39, 0.29) is 29.8 Å². The number of carbonyl (C=O) groups is 1. The van der Waals surface area contributed by atoms with Gasteiger partial charge in [-0.2, -0.15) is 9.40 Å². The van der Waals surface area contributed by atoms with E-state index in [1.165, 1.54) is 11.2 Å². The second-order valence-electron chi connectivity index (χ2n) is 4.92. The topological polar surface area (TPSA) is 113 Å². The largest absolute Gasteiger partial charge is 0.476 e. The lowest BCUT2D eigenvalue weighted by Gasteiger charge is -2.23. The molecule has 1 aromatic heterocycles. The number of ether oxygens (including phenoxy) is 1. The molecule has 0 aliphatic carbocycles. The van der Waals surface area contributed by atoms with E-state index in [0.717, 1.165) is 12.8 Å². The number of likely N-dealkylation sites (N-methyl/N-ethyl adjacent to an activating group) is 1. The van der Waals surface area contributed by atoms with Crippen LogP contribution in [0.3, 0.4) is 0 Å². The number of rotatable bonds is 6. The third kappa shape index (κ3) is 3.09.